The van der Waals surface area contributed by atoms with Gasteiger partial charge in [0.1, 0.15) is 35.6 Å². The van der Waals surface area contributed by atoms with Gasteiger partial charge in [-0.15, -0.1) is 0 Å². The number of alkyl halides is 1. The van der Waals surface area contributed by atoms with Gasteiger partial charge in [-0.05, 0) is 49.4 Å². The van der Waals surface area contributed by atoms with Crippen molar-refractivity contribution in [2.45, 2.75) is 49.9 Å². The van der Waals surface area contributed by atoms with Crippen LogP contribution in [0.25, 0.3) is 32.9 Å². The predicted molar refractivity (Wildman–Crippen MR) is 165 cm³/mol. The molecule has 3 fully saturated rings. The minimum atomic E-state index is -1.18. The lowest BCUT2D eigenvalue weighted by atomic mass is 9.94. The third-order valence-corrected chi connectivity index (χ3v) is 9.89. The smallest absolute Gasteiger partial charge is 0.319 e. The van der Waals surface area contributed by atoms with Gasteiger partial charge in [-0.2, -0.15) is 9.97 Å². The van der Waals surface area contributed by atoms with E-state index < -0.39 is 29.2 Å². The summed E-state index contributed by atoms with van der Waals surface area (Å²) in [5.41, 5.74) is -1.43. The standard InChI is InChI=1S/C33H36F4N6O3/c1-3-32(17-45-2)16-42(10-8-39-32)30-23-14-38-28(22-12-21(44)11-19-5-6-24(35)26(36)25(19)22)27(37)29(23)40-31(41-30)46-18-33-7-4-9-43(33)15-20(34)13-33/h5-6,11-12,14,20,39,44H,3-4,7-10,13,15-18H2,1-2H3/t20-,32-,33+/m1/s1. The molecule has 0 radical (unpaired) electrons. The van der Waals surface area contributed by atoms with Crippen molar-refractivity contribution in [3.8, 4) is 23.0 Å². The number of phenols is 1. The lowest BCUT2D eigenvalue weighted by molar-refractivity contribution is 0.101. The van der Waals surface area contributed by atoms with Crippen LogP contribution in [-0.2, 0) is 4.74 Å². The van der Waals surface area contributed by atoms with Gasteiger partial charge >= 0.3 is 6.01 Å². The molecule has 3 atom stereocenters. The molecule has 244 valence electrons. The van der Waals surface area contributed by atoms with Crippen LogP contribution in [0.4, 0.5) is 23.4 Å². The number of aromatic hydroxyl groups is 1. The molecule has 3 saturated heterocycles. The average Bonchev–Trinajstić information content (AvgIpc) is 3.57. The highest BCUT2D eigenvalue weighted by molar-refractivity contribution is 6.00. The minimum absolute atomic E-state index is 0.0764. The molecular weight excluding hydrogens is 604 g/mol. The van der Waals surface area contributed by atoms with Gasteiger partial charge in [-0.3, -0.25) is 9.88 Å². The molecule has 2 aromatic heterocycles. The van der Waals surface area contributed by atoms with Crippen molar-refractivity contribution in [1.82, 2.24) is 25.2 Å². The number of hydrogen-bond acceptors (Lipinski definition) is 9. The molecule has 5 heterocycles. The number of anilines is 1. The second-order valence-corrected chi connectivity index (χ2v) is 12.7. The normalized spacial score (nSPS) is 25.1. The highest BCUT2D eigenvalue weighted by atomic mass is 19.2. The topological polar surface area (TPSA) is 95.9 Å². The van der Waals surface area contributed by atoms with Crippen molar-refractivity contribution in [2.75, 3.05) is 57.9 Å². The molecule has 0 spiro atoms. The van der Waals surface area contributed by atoms with E-state index in [2.05, 4.69) is 27.1 Å². The van der Waals surface area contributed by atoms with Crippen molar-refractivity contribution in [3.63, 3.8) is 0 Å². The number of nitrogens with one attached hydrogen (secondary N) is 1. The maximum Gasteiger partial charge on any atom is 0.319 e. The number of methoxy groups -OCH3 is 1. The van der Waals surface area contributed by atoms with Crippen molar-refractivity contribution >= 4 is 27.5 Å². The Hall–Kier alpha value is -3.81. The number of ether oxygens (including phenoxy) is 2. The lowest BCUT2D eigenvalue weighted by Gasteiger charge is -2.43. The van der Waals surface area contributed by atoms with E-state index in [0.29, 0.717) is 50.4 Å². The summed E-state index contributed by atoms with van der Waals surface area (Å²) in [4.78, 5) is 17.7. The number of pyridine rings is 1. The summed E-state index contributed by atoms with van der Waals surface area (Å²) in [5, 5.41) is 14.2. The van der Waals surface area contributed by atoms with Gasteiger partial charge in [0.05, 0.1) is 23.1 Å². The fourth-order valence-electron chi connectivity index (χ4n) is 7.58. The molecule has 0 unspecified atom stereocenters. The molecule has 0 aliphatic carbocycles. The minimum Gasteiger partial charge on any atom is -0.508 e. The number of rotatable bonds is 8. The molecule has 0 amide bonds. The first kappa shape index (κ1) is 30.8. The number of fused-ring (bicyclic) bond motifs is 3. The summed E-state index contributed by atoms with van der Waals surface area (Å²) >= 11 is 0. The van der Waals surface area contributed by atoms with Crippen molar-refractivity contribution in [3.05, 3.63) is 47.9 Å². The van der Waals surface area contributed by atoms with Gasteiger partial charge in [0.25, 0.3) is 0 Å². The van der Waals surface area contributed by atoms with Gasteiger partial charge < -0.3 is 24.8 Å². The molecule has 0 bridgehead atoms. The van der Waals surface area contributed by atoms with Gasteiger partial charge in [0, 0.05) is 56.9 Å². The fourth-order valence-corrected chi connectivity index (χ4v) is 7.58. The molecule has 46 heavy (non-hydrogen) atoms. The first-order chi connectivity index (χ1) is 22.2. The SMILES string of the molecule is CC[C@]1(COC)CN(c2nc(OC[C@@]34CCCN3C[C@H](F)C4)nc3c(F)c(-c4cc(O)cc5ccc(F)c(F)c45)ncc23)CCN1. The fraction of sp³-hybridized carbons (Fsp3) is 0.485. The molecule has 2 aromatic carbocycles. The molecule has 13 heteroatoms. The Morgan fingerprint density at radius 1 is 1.11 bits per heavy atom. The number of piperazine rings is 1. The van der Waals surface area contributed by atoms with Crippen molar-refractivity contribution in [2.24, 2.45) is 0 Å². The number of nitrogens with zero attached hydrogens (tertiary/aromatic N) is 5. The first-order valence-corrected chi connectivity index (χ1v) is 15.6. The zero-order chi connectivity index (χ0) is 32.2. The van der Waals surface area contributed by atoms with Crippen LogP contribution in [0.5, 0.6) is 11.8 Å². The number of benzene rings is 2. The highest BCUT2D eigenvalue weighted by Gasteiger charge is 2.49. The van der Waals surface area contributed by atoms with E-state index in [1.54, 1.807) is 7.11 Å². The monoisotopic (exact) mass is 640 g/mol. The van der Waals surface area contributed by atoms with Crippen LogP contribution < -0.4 is 15.0 Å². The summed E-state index contributed by atoms with van der Waals surface area (Å²) in [5.74, 6) is -3.06. The molecular formula is C33H36F4N6O3. The quantitative estimate of drug-likeness (QED) is 0.254. The maximum atomic E-state index is 16.7. The number of hydrogen-bond donors (Lipinski definition) is 2. The largest absolute Gasteiger partial charge is 0.508 e. The molecule has 4 aromatic rings. The van der Waals surface area contributed by atoms with Crippen LogP contribution in [0.15, 0.2) is 30.5 Å². The summed E-state index contributed by atoms with van der Waals surface area (Å²) in [6.45, 7) is 5.43. The molecule has 0 saturated carbocycles. The Balaban J connectivity index is 1.37. The predicted octanol–water partition coefficient (Wildman–Crippen LogP) is 5.13. The second-order valence-electron chi connectivity index (χ2n) is 12.7. The molecule has 7 rings (SSSR count). The Morgan fingerprint density at radius 3 is 2.76 bits per heavy atom. The molecule has 2 N–H and O–H groups in total. The van der Waals surface area contributed by atoms with Crippen LogP contribution in [0.2, 0.25) is 0 Å². The van der Waals surface area contributed by atoms with Gasteiger partial charge in [-0.25, -0.2) is 17.6 Å². The van der Waals surface area contributed by atoms with Crippen LogP contribution >= 0.6 is 0 Å². The van der Waals surface area contributed by atoms with Gasteiger partial charge in [0.2, 0.25) is 0 Å². The van der Waals surface area contributed by atoms with E-state index in [1.807, 2.05) is 4.90 Å². The third-order valence-electron chi connectivity index (χ3n) is 9.89. The Kier molecular flexibility index (Phi) is 7.89. The zero-order valence-corrected chi connectivity index (χ0v) is 25.8. The third kappa shape index (κ3) is 5.18. The van der Waals surface area contributed by atoms with Crippen LogP contribution in [0.3, 0.4) is 0 Å². The molecule has 3 aliphatic heterocycles. The lowest BCUT2D eigenvalue weighted by Crippen LogP contribution is -2.62. The highest BCUT2D eigenvalue weighted by Crippen LogP contribution is 2.42. The van der Waals surface area contributed by atoms with E-state index in [0.717, 1.165) is 37.9 Å². The number of aromatic nitrogens is 3. The second kappa shape index (κ2) is 11.8. The molecule has 9 nitrogen and oxygen atoms in total. The Morgan fingerprint density at radius 2 is 1.96 bits per heavy atom. The van der Waals surface area contributed by atoms with Gasteiger partial charge in [0.15, 0.2) is 17.5 Å². The number of phenolic OH excluding ortho intramolecular Hbond substituents is 1. The van der Waals surface area contributed by atoms with E-state index in [9.17, 15) is 13.9 Å². The summed E-state index contributed by atoms with van der Waals surface area (Å²) in [7, 11) is 1.64. The zero-order valence-electron chi connectivity index (χ0n) is 25.8. The maximum absolute atomic E-state index is 16.7. The summed E-state index contributed by atoms with van der Waals surface area (Å²) in [6, 6.07) is 4.60. The van der Waals surface area contributed by atoms with Gasteiger partial charge in [-0.1, -0.05) is 13.0 Å². The van der Waals surface area contributed by atoms with Crippen LogP contribution in [-0.4, -0.2) is 95.3 Å². The summed E-state index contributed by atoms with van der Waals surface area (Å²) in [6.07, 6.45) is 3.27. The Labute approximate surface area is 263 Å². The van der Waals surface area contributed by atoms with Crippen LogP contribution in [0, 0.1) is 17.5 Å². The van der Waals surface area contributed by atoms with E-state index in [4.69, 9.17) is 14.5 Å². The Bertz CT molecular complexity index is 1810. The number of halogens is 4. The van der Waals surface area contributed by atoms with Crippen molar-refractivity contribution in [1.29, 1.82) is 0 Å². The van der Waals surface area contributed by atoms with Crippen molar-refractivity contribution < 1.29 is 32.1 Å². The van der Waals surface area contributed by atoms with E-state index >= 15 is 8.78 Å². The average molecular weight is 641 g/mol. The first-order valence-electron chi connectivity index (χ1n) is 15.6. The van der Waals surface area contributed by atoms with E-state index in [-0.39, 0.29) is 51.5 Å². The summed E-state index contributed by atoms with van der Waals surface area (Å²) < 4.78 is 72.4. The van der Waals surface area contributed by atoms with Crippen LogP contribution in [0.1, 0.15) is 32.6 Å². The molecule has 3 aliphatic rings. The van der Waals surface area contributed by atoms with E-state index in [1.165, 1.54) is 18.3 Å².